The van der Waals surface area contributed by atoms with Crippen molar-refractivity contribution in [2.75, 3.05) is 43.2 Å². The summed E-state index contributed by atoms with van der Waals surface area (Å²) in [4.78, 5) is 19.9. The summed E-state index contributed by atoms with van der Waals surface area (Å²) < 4.78 is 17.3. The molecular formula is C29H37N5O4. The summed E-state index contributed by atoms with van der Waals surface area (Å²) in [5.41, 5.74) is 3.15. The Balaban J connectivity index is 0.00000129. The number of methoxy groups -OCH3 is 1. The van der Waals surface area contributed by atoms with Gasteiger partial charge in [0.2, 0.25) is 5.95 Å². The van der Waals surface area contributed by atoms with Crippen molar-refractivity contribution in [3.63, 3.8) is 0 Å². The number of hydrogen-bond donors (Lipinski definition) is 1. The number of benzene rings is 1. The van der Waals surface area contributed by atoms with Crippen molar-refractivity contribution in [2.24, 2.45) is 0 Å². The monoisotopic (exact) mass is 519 g/mol. The third-order valence-corrected chi connectivity index (χ3v) is 8.09. The van der Waals surface area contributed by atoms with E-state index in [1.54, 1.807) is 7.11 Å². The summed E-state index contributed by atoms with van der Waals surface area (Å²) in [6, 6.07) is 10.6. The first-order chi connectivity index (χ1) is 18.7. The Morgan fingerprint density at radius 2 is 1.68 bits per heavy atom. The Bertz CT molecular complexity index is 1280. The average Bonchev–Trinajstić information content (AvgIpc) is 3.44. The molecule has 38 heavy (non-hydrogen) atoms. The van der Waals surface area contributed by atoms with Crippen LogP contribution in [0, 0.1) is 0 Å². The highest BCUT2D eigenvalue weighted by Crippen LogP contribution is 2.38. The molecule has 4 saturated heterocycles. The molecule has 0 aliphatic carbocycles. The van der Waals surface area contributed by atoms with Crippen molar-refractivity contribution >= 4 is 22.8 Å². The first kappa shape index (κ1) is 25.3. The lowest BCUT2D eigenvalue weighted by molar-refractivity contribution is 0.0299. The molecule has 4 aliphatic heterocycles. The molecule has 3 aromatic rings. The number of hydrogen-bond acceptors (Lipinski definition) is 9. The lowest BCUT2D eigenvalue weighted by Gasteiger charge is -2.37. The van der Waals surface area contributed by atoms with E-state index in [1.807, 2.05) is 38.1 Å². The van der Waals surface area contributed by atoms with Gasteiger partial charge in [-0.25, -0.2) is 4.98 Å². The van der Waals surface area contributed by atoms with Gasteiger partial charge in [-0.1, -0.05) is 13.8 Å². The third-order valence-electron chi connectivity index (χ3n) is 8.09. The molecule has 4 fully saturated rings. The van der Waals surface area contributed by atoms with Crippen LogP contribution in [-0.4, -0.2) is 77.8 Å². The minimum absolute atomic E-state index is 0.0970. The van der Waals surface area contributed by atoms with Crippen molar-refractivity contribution < 1.29 is 19.3 Å². The van der Waals surface area contributed by atoms with E-state index >= 15 is 0 Å². The van der Waals surface area contributed by atoms with Gasteiger partial charge < -0.3 is 29.1 Å². The highest BCUT2D eigenvalue weighted by Gasteiger charge is 2.40. The van der Waals surface area contributed by atoms with Crippen LogP contribution in [0.1, 0.15) is 45.1 Å². The lowest BCUT2D eigenvalue weighted by atomic mass is 10.1. The zero-order valence-corrected chi connectivity index (χ0v) is 22.5. The van der Waals surface area contributed by atoms with Gasteiger partial charge in [0.15, 0.2) is 5.65 Å². The maximum absolute atomic E-state index is 9.80. The standard InChI is InChI=1S/C27H31N5O4.C2H6/c1-34-24-9-2-16(10-17(24)13-33)23-8-7-22-25(28-23)29-27(31-11-20-5-6-21(12-31)36-20)30-26(22)32-18-3-4-19(32)15-35-14-18;1-2/h2,7-10,18-21,33H,3-6,11-15H2,1H3;1-2H3. The molecule has 202 valence electrons. The summed E-state index contributed by atoms with van der Waals surface area (Å²) in [5, 5.41) is 10.8. The van der Waals surface area contributed by atoms with Crippen molar-refractivity contribution in [3.05, 3.63) is 35.9 Å². The normalized spacial score (nSPS) is 25.9. The van der Waals surface area contributed by atoms with E-state index in [1.165, 1.54) is 0 Å². The summed E-state index contributed by atoms with van der Waals surface area (Å²) in [6.07, 6.45) is 4.94. The Kier molecular flexibility index (Phi) is 7.07. The van der Waals surface area contributed by atoms with E-state index in [0.717, 1.165) is 86.0 Å². The minimum atomic E-state index is -0.0970. The molecule has 1 N–H and O–H groups in total. The number of ether oxygens (including phenoxy) is 3. The molecule has 0 saturated carbocycles. The fraction of sp³-hybridized carbons (Fsp3) is 0.552. The number of nitrogens with zero attached hydrogens (tertiary/aromatic N) is 5. The van der Waals surface area contributed by atoms with Crippen LogP contribution in [0.4, 0.5) is 11.8 Å². The number of aromatic nitrogens is 3. The van der Waals surface area contributed by atoms with E-state index in [2.05, 4.69) is 15.9 Å². The molecule has 0 amide bonds. The second-order valence-corrected chi connectivity index (χ2v) is 10.3. The van der Waals surface area contributed by atoms with E-state index in [-0.39, 0.29) is 18.8 Å². The molecule has 4 bridgehead atoms. The second-order valence-electron chi connectivity index (χ2n) is 10.3. The van der Waals surface area contributed by atoms with Gasteiger partial charge in [0.25, 0.3) is 0 Å². The van der Waals surface area contributed by atoms with E-state index < -0.39 is 0 Å². The first-order valence-corrected chi connectivity index (χ1v) is 13.9. The van der Waals surface area contributed by atoms with Crippen molar-refractivity contribution in [3.8, 4) is 17.0 Å². The van der Waals surface area contributed by atoms with Gasteiger partial charge in [0.1, 0.15) is 11.6 Å². The van der Waals surface area contributed by atoms with Gasteiger partial charge in [0.05, 0.1) is 62.3 Å². The zero-order valence-electron chi connectivity index (χ0n) is 22.5. The summed E-state index contributed by atoms with van der Waals surface area (Å²) in [6.45, 7) is 7.01. The highest BCUT2D eigenvalue weighted by molar-refractivity contribution is 5.90. The highest BCUT2D eigenvalue weighted by atomic mass is 16.5. The van der Waals surface area contributed by atoms with Crippen LogP contribution >= 0.6 is 0 Å². The topological polar surface area (TPSA) is 93.1 Å². The molecule has 4 atom stereocenters. The number of rotatable bonds is 5. The van der Waals surface area contributed by atoms with E-state index in [4.69, 9.17) is 29.2 Å². The molecule has 7 rings (SSSR count). The minimum Gasteiger partial charge on any atom is -0.496 e. The fourth-order valence-electron chi connectivity index (χ4n) is 6.30. The smallest absolute Gasteiger partial charge is 0.229 e. The largest absolute Gasteiger partial charge is 0.496 e. The molecule has 9 nitrogen and oxygen atoms in total. The number of aliphatic hydroxyl groups excluding tert-OH is 1. The predicted molar refractivity (Wildman–Crippen MR) is 147 cm³/mol. The number of aliphatic hydroxyl groups is 1. The van der Waals surface area contributed by atoms with E-state index in [0.29, 0.717) is 23.5 Å². The van der Waals surface area contributed by atoms with E-state index in [9.17, 15) is 5.11 Å². The van der Waals surface area contributed by atoms with Crippen LogP contribution in [0.15, 0.2) is 30.3 Å². The first-order valence-electron chi connectivity index (χ1n) is 13.9. The van der Waals surface area contributed by atoms with Crippen molar-refractivity contribution in [2.45, 2.75) is 70.4 Å². The molecule has 4 aliphatic rings. The van der Waals surface area contributed by atoms with Gasteiger partial charge in [-0.3, -0.25) is 0 Å². The van der Waals surface area contributed by atoms with Gasteiger partial charge in [-0.2, -0.15) is 9.97 Å². The lowest BCUT2D eigenvalue weighted by Crippen LogP contribution is -2.47. The van der Waals surface area contributed by atoms with Gasteiger partial charge in [-0.15, -0.1) is 0 Å². The number of morpholine rings is 2. The zero-order chi connectivity index (χ0) is 26.2. The maximum atomic E-state index is 9.80. The van der Waals surface area contributed by atoms with Crippen LogP contribution in [-0.2, 0) is 16.1 Å². The van der Waals surface area contributed by atoms with Crippen LogP contribution in [0.3, 0.4) is 0 Å². The van der Waals surface area contributed by atoms with Crippen LogP contribution < -0.4 is 14.5 Å². The van der Waals surface area contributed by atoms with Gasteiger partial charge >= 0.3 is 0 Å². The second kappa shape index (κ2) is 10.6. The van der Waals surface area contributed by atoms with Crippen LogP contribution in [0.5, 0.6) is 5.75 Å². The van der Waals surface area contributed by atoms with Crippen LogP contribution in [0.2, 0.25) is 0 Å². The quantitative estimate of drug-likeness (QED) is 0.538. The van der Waals surface area contributed by atoms with Crippen molar-refractivity contribution in [1.82, 2.24) is 15.0 Å². The summed E-state index contributed by atoms with van der Waals surface area (Å²) in [5.74, 6) is 2.37. The Morgan fingerprint density at radius 3 is 2.37 bits per heavy atom. The fourth-order valence-corrected chi connectivity index (χ4v) is 6.30. The number of pyridine rings is 1. The summed E-state index contributed by atoms with van der Waals surface area (Å²) >= 11 is 0. The number of anilines is 2. The Hall–Kier alpha value is -3.01. The number of fused-ring (bicyclic) bond motifs is 5. The molecule has 6 heterocycles. The van der Waals surface area contributed by atoms with Crippen LogP contribution in [0.25, 0.3) is 22.3 Å². The maximum Gasteiger partial charge on any atom is 0.229 e. The Labute approximate surface area is 223 Å². The molecule has 4 unspecified atom stereocenters. The van der Waals surface area contributed by atoms with Gasteiger partial charge in [-0.05, 0) is 56.0 Å². The summed E-state index contributed by atoms with van der Waals surface area (Å²) in [7, 11) is 1.61. The average molecular weight is 520 g/mol. The molecule has 1 aromatic carbocycles. The molecular weight excluding hydrogens is 482 g/mol. The molecule has 2 aromatic heterocycles. The third kappa shape index (κ3) is 4.46. The SMILES string of the molecule is CC.COc1ccc(-c2ccc3c(N4C5CCC4COC5)nc(N4CC5CCC(C4)O5)nc3n2)cc1CO. The molecule has 0 radical (unpaired) electrons. The molecule has 9 heteroatoms. The Morgan fingerprint density at radius 1 is 0.947 bits per heavy atom. The predicted octanol–water partition coefficient (Wildman–Crippen LogP) is 3.95. The van der Waals surface area contributed by atoms with Gasteiger partial charge in [0, 0.05) is 24.2 Å². The molecule has 0 spiro atoms. The van der Waals surface area contributed by atoms with Crippen molar-refractivity contribution in [1.29, 1.82) is 0 Å².